The predicted molar refractivity (Wildman–Crippen MR) is 77.6 cm³/mol. The van der Waals surface area contributed by atoms with Gasteiger partial charge in [0.2, 0.25) is 0 Å². The molecule has 3 nitrogen and oxygen atoms in total. The van der Waals surface area contributed by atoms with Gasteiger partial charge in [0.1, 0.15) is 11.9 Å². The molecule has 0 aliphatic carbocycles. The first-order valence-electron chi connectivity index (χ1n) is 6.75. The summed E-state index contributed by atoms with van der Waals surface area (Å²) in [6.45, 7) is 3.22. The van der Waals surface area contributed by atoms with Crippen molar-refractivity contribution in [3.05, 3.63) is 46.4 Å². The monoisotopic (exact) mass is 274 g/mol. The summed E-state index contributed by atoms with van der Waals surface area (Å²) in [5, 5.41) is 5.69. The molecule has 2 aromatic rings. The number of ether oxygens (including phenoxy) is 1. The lowest BCUT2D eigenvalue weighted by Crippen LogP contribution is -2.29. The lowest BCUT2D eigenvalue weighted by atomic mass is 9.95. The van der Waals surface area contributed by atoms with Crippen LogP contribution >= 0.6 is 11.3 Å². The van der Waals surface area contributed by atoms with Crippen LogP contribution in [-0.4, -0.2) is 11.5 Å². The van der Waals surface area contributed by atoms with Crippen LogP contribution in [0.1, 0.15) is 43.2 Å². The highest BCUT2D eigenvalue weighted by atomic mass is 32.1. The molecule has 3 rings (SSSR count). The molecule has 100 valence electrons. The molecule has 4 heteroatoms. The van der Waals surface area contributed by atoms with E-state index >= 15 is 0 Å². The molecule has 0 spiro atoms. The summed E-state index contributed by atoms with van der Waals surface area (Å²) >= 11 is 1.62. The molecule has 0 saturated carbocycles. The highest BCUT2D eigenvalue weighted by Gasteiger charge is 2.29. The van der Waals surface area contributed by atoms with E-state index < -0.39 is 0 Å². The summed E-state index contributed by atoms with van der Waals surface area (Å²) < 4.78 is 6.09. The van der Waals surface area contributed by atoms with Crippen molar-refractivity contribution in [2.45, 2.75) is 31.9 Å². The number of rotatable bonds is 4. The minimum atomic E-state index is 0.0653. The molecule has 2 heterocycles. The fourth-order valence-electron chi connectivity index (χ4n) is 2.49. The van der Waals surface area contributed by atoms with Gasteiger partial charge in [-0.05, 0) is 19.0 Å². The van der Waals surface area contributed by atoms with E-state index in [0.717, 1.165) is 30.8 Å². The molecule has 19 heavy (non-hydrogen) atoms. The third-order valence-electron chi connectivity index (χ3n) is 3.44. The fourth-order valence-corrected chi connectivity index (χ4v) is 3.09. The van der Waals surface area contributed by atoms with Gasteiger partial charge in [0.05, 0.1) is 11.2 Å². The molecule has 0 amide bonds. The Balaban J connectivity index is 1.87. The first-order chi connectivity index (χ1) is 9.38. The van der Waals surface area contributed by atoms with E-state index in [2.05, 4.69) is 40.8 Å². The Morgan fingerprint density at radius 3 is 3.11 bits per heavy atom. The van der Waals surface area contributed by atoms with Gasteiger partial charge in [0, 0.05) is 23.4 Å². The Morgan fingerprint density at radius 1 is 1.42 bits per heavy atom. The number of hydrogen-bond donors (Lipinski definition) is 1. The van der Waals surface area contributed by atoms with E-state index in [-0.39, 0.29) is 6.10 Å². The SMILES string of the molecule is CCCNC1CC(c2cscn2)Oc2ccccc21. The van der Waals surface area contributed by atoms with Gasteiger partial charge in [-0.1, -0.05) is 25.1 Å². The zero-order chi connectivity index (χ0) is 13.1. The number of nitrogens with zero attached hydrogens (tertiary/aromatic N) is 1. The van der Waals surface area contributed by atoms with Crippen LogP contribution in [-0.2, 0) is 0 Å². The first kappa shape index (κ1) is 12.6. The number of thiazole rings is 1. The molecule has 0 bridgehead atoms. The largest absolute Gasteiger partial charge is 0.484 e. The quantitative estimate of drug-likeness (QED) is 0.923. The van der Waals surface area contributed by atoms with Gasteiger partial charge in [-0.3, -0.25) is 0 Å². The Labute approximate surface area is 117 Å². The van der Waals surface area contributed by atoms with Gasteiger partial charge < -0.3 is 10.1 Å². The average molecular weight is 274 g/mol. The Kier molecular flexibility index (Phi) is 3.80. The highest BCUT2D eigenvalue weighted by Crippen LogP contribution is 2.40. The predicted octanol–water partition coefficient (Wildman–Crippen LogP) is 3.71. The highest BCUT2D eigenvalue weighted by molar-refractivity contribution is 7.07. The van der Waals surface area contributed by atoms with Gasteiger partial charge in [0.15, 0.2) is 0 Å². The number of benzene rings is 1. The number of para-hydroxylation sites is 1. The molecule has 1 aromatic carbocycles. The van der Waals surface area contributed by atoms with Crippen LogP contribution in [0, 0.1) is 0 Å². The molecule has 0 fully saturated rings. The van der Waals surface area contributed by atoms with Crippen LogP contribution in [0.5, 0.6) is 5.75 Å². The maximum Gasteiger partial charge on any atom is 0.143 e. The molecule has 1 N–H and O–H groups in total. The summed E-state index contributed by atoms with van der Waals surface area (Å²) in [5.74, 6) is 0.986. The van der Waals surface area contributed by atoms with Crippen LogP contribution in [0.4, 0.5) is 0 Å². The standard InChI is InChI=1S/C15H18N2OS/c1-2-7-16-12-8-15(13-9-19-10-17-13)18-14-6-4-3-5-11(12)14/h3-6,9-10,12,15-16H,2,7-8H2,1H3. The van der Waals surface area contributed by atoms with Crippen molar-refractivity contribution in [1.29, 1.82) is 0 Å². The van der Waals surface area contributed by atoms with Crippen molar-refractivity contribution in [2.24, 2.45) is 0 Å². The molecule has 0 saturated heterocycles. The Bertz CT molecular complexity index is 527. The summed E-state index contributed by atoms with van der Waals surface area (Å²) in [6, 6.07) is 8.66. The van der Waals surface area contributed by atoms with Crippen LogP contribution in [0.25, 0.3) is 0 Å². The van der Waals surface area contributed by atoms with Crippen molar-refractivity contribution < 1.29 is 4.74 Å². The van der Waals surface area contributed by atoms with E-state index in [1.165, 1.54) is 5.56 Å². The number of nitrogens with one attached hydrogen (secondary N) is 1. The van der Waals surface area contributed by atoms with Crippen molar-refractivity contribution in [1.82, 2.24) is 10.3 Å². The molecule has 2 atom stereocenters. The van der Waals surface area contributed by atoms with Crippen molar-refractivity contribution >= 4 is 11.3 Å². The molecule has 1 aliphatic heterocycles. The first-order valence-corrected chi connectivity index (χ1v) is 7.70. The second-order valence-electron chi connectivity index (χ2n) is 4.80. The fraction of sp³-hybridized carbons (Fsp3) is 0.400. The number of aromatic nitrogens is 1. The van der Waals surface area contributed by atoms with E-state index in [9.17, 15) is 0 Å². The molecule has 0 radical (unpaired) electrons. The Morgan fingerprint density at radius 2 is 2.32 bits per heavy atom. The van der Waals surface area contributed by atoms with Crippen molar-refractivity contribution in [3.63, 3.8) is 0 Å². The van der Waals surface area contributed by atoms with E-state index in [1.54, 1.807) is 11.3 Å². The zero-order valence-corrected chi connectivity index (χ0v) is 11.8. The molecular weight excluding hydrogens is 256 g/mol. The lowest BCUT2D eigenvalue weighted by Gasteiger charge is -2.32. The van der Waals surface area contributed by atoms with Gasteiger partial charge in [-0.25, -0.2) is 4.98 Å². The smallest absolute Gasteiger partial charge is 0.143 e. The van der Waals surface area contributed by atoms with Crippen LogP contribution < -0.4 is 10.1 Å². The second kappa shape index (κ2) is 5.72. The van der Waals surface area contributed by atoms with Gasteiger partial charge in [0.25, 0.3) is 0 Å². The Hall–Kier alpha value is -1.39. The molecular formula is C15H18N2OS. The molecule has 1 aliphatic rings. The summed E-state index contributed by atoms with van der Waals surface area (Å²) in [5.41, 5.74) is 4.18. The maximum atomic E-state index is 6.09. The number of fused-ring (bicyclic) bond motifs is 1. The minimum Gasteiger partial charge on any atom is -0.484 e. The number of hydrogen-bond acceptors (Lipinski definition) is 4. The molecule has 2 unspecified atom stereocenters. The topological polar surface area (TPSA) is 34.2 Å². The summed E-state index contributed by atoms with van der Waals surface area (Å²) in [7, 11) is 0. The molecule has 1 aromatic heterocycles. The van der Waals surface area contributed by atoms with E-state index in [1.807, 2.05) is 11.6 Å². The third-order valence-corrected chi connectivity index (χ3v) is 4.04. The van der Waals surface area contributed by atoms with Crippen LogP contribution in [0.3, 0.4) is 0 Å². The van der Waals surface area contributed by atoms with Crippen LogP contribution in [0.15, 0.2) is 35.2 Å². The van der Waals surface area contributed by atoms with Gasteiger partial charge in [-0.2, -0.15) is 0 Å². The van der Waals surface area contributed by atoms with Crippen molar-refractivity contribution in [3.8, 4) is 5.75 Å². The van der Waals surface area contributed by atoms with Crippen molar-refractivity contribution in [2.75, 3.05) is 6.54 Å². The minimum absolute atomic E-state index is 0.0653. The maximum absolute atomic E-state index is 6.09. The summed E-state index contributed by atoms with van der Waals surface area (Å²) in [4.78, 5) is 4.39. The van der Waals surface area contributed by atoms with E-state index in [4.69, 9.17) is 4.74 Å². The normalized spacial score (nSPS) is 21.7. The van der Waals surface area contributed by atoms with Gasteiger partial charge in [-0.15, -0.1) is 11.3 Å². The lowest BCUT2D eigenvalue weighted by molar-refractivity contribution is 0.148. The third kappa shape index (κ3) is 2.65. The van der Waals surface area contributed by atoms with Crippen LogP contribution in [0.2, 0.25) is 0 Å². The van der Waals surface area contributed by atoms with Gasteiger partial charge >= 0.3 is 0 Å². The van der Waals surface area contributed by atoms with E-state index in [0.29, 0.717) is 6.04 Å². The average Bonchev–Trinajstić information content (AvgIpc) is 2.98. The summed E-state index contributed by atoms with van der Waals surface area (Å²) in [6.07, 6.45) is 2.15. The zero-order valence-electron chi connectivity index (χ0n) is 11.0. The second-order valence-corrected chi connectivity index (χ2v) is 5.52.